The fraction of sp³-hybridized carbons (Fsp3) is 0.107. The summed E-state index contributed by atoms with van der Waals surface area (Å²) in [7, 11) is 0. The number of aromatic nitrogens is 2. The van der Waals surface area contributed by atoms with Gasteiger partial charge in [0.15, 0.2) is 0 Å². The van der Waals surface area contributed by atoms with E-state index >= 15 is 0 Å². The Morgan fingerprint density at radius 1 is 0.974 bits per heavy atom. The smallest absolute Gasteiger partial charge is 0.406 e. The second kappa shape index (κ2) is 10.3. The number of alkyl halides is 3. The molecule has 0 aliphatic heterocycles. The molecule has 4 aromatic carbocycles. The van der Waals surface area contributed by atoms with Crippen LogP contribution in [0.4, 0.5) is 22.0 Å². The molecule has 0 bridgehead atoms. The molecule has 0 aliphatic rings. The van der Waals surface area contributed by atoms with Crippen molar-refractivity contribution in [1.29, 1.82) is 0 Å². The minimum Gasteiger partial charge on any atom is -0.406 e. The van der Waals surface area contributed by atoms with Gasteiger partial charge in [-0.3, -0.25) is 9.56 Å². The van der Waals surface area contributed by atoms with Gasteiger partial charge in [0.05, 0.1) is 17.6 Å². The predicted molar refractivity (Wildman–Crippen MR) is 140 cm³/mol. The molecule has 0 radical (unpaired) electrons. The van der Waals surface area contributed by atoms with Crippen LogP contribution in [-0.4, -0.2) is 33.5 Å². The summed E-state index contributed by atoms with van der Waals surface area (Å²) in [6.45, 7) is 0.223. The average Bonchev–Trinajstić information content (AvgIpc) is 3.30. The first kappa shape index (κ1) is 25.5. The van der Waals surface area contributed by atoms with Crippen LogP contribution in [-0.2, 0) is 6.42 Å². The standard InChI is InChI=1S/C28H18F5N3OS/c29-20-4-2-19(25(30)13-20)12-23(38)15-34-14-17-1-9-24-18(11-17)3-10-26-27(24)35-16-36(26)21-5-7-22(8-6-21)37-28(31,32)33/h1-11,13-14,16H,12,15H2. The predicted octanol–water partition coefficient (Wildman–Crippen LogP) is 7.39. The first-order valence-corrected chi connectivity index (χ1v) is 11.8. The fourth-order valence-electron chi connectivity index (χ4n) is 4.11. The molecule has 0 N–H and O–H groups in total. The van der Waals surface area contributed by atoms with Crippen molar-refractivity contribution in [3.8, 4) is 11.4 Å². The molecule has 0 atom stereocenters. The zero-order valence-corrected chi connectivity index (χ0v) is 20.4. The highest BCUT2D eigenvalue weighted by molar-refractivity contribution is 7.80. The molecule has 0 spiro atoms. The lowest BCUT2D eigenvalue weighted by atomic mass is 10.1. The number of imidazole rings is 1. The molecule has 0 unspecified atom stereocenters. The second-order valence-corrected chi connectivity index (χ2v) is 9.07. The van der Waals surface area contributed by atoms with Gasteiger partial charge in [-0.2, -0.15) is 0 Å². The molecule has 0 saturated heterocycles. The quantitative estimate of drug-likeness (QED) is 0.123. The third kappa shape index (κ3) is 5.70. The van der Waals surface area contributed by atoms with Crippen LogP contribution >= 0.6 is 12.2 Å². The molecule has 1 aromatic heterocycles. The topological polar surface area (TPSA) is 39.4 Å². The lowest BCUT2D eigenvalue weighted by molar-refractivity contribution is -0.274. The van der Waals surface area contributed by atoms with Crippen LogP contribution in [0, 0.1) is 11.6 Å². The van der Waals surface area contributed by atoms with Crippen molar-refractivity contribution in [1.82, 2.24) is 9.55 Å². The van der Waals surface area contributed by atoms with Crippen LogP contribution in [0.25, 0.3) is 27.5 Å². The molecular formula is C28H18F5N3OS. The summed E-state index contributed by atoms with van der Waals surface area (Å²) in [5.41, 5.74) is 3.34. The molecular weight excluding hydrogens is 521 g/mol. The molecule has 0 amide bonds. The number of hydrogen-bond donors (Lipinski definition) is 0. The van der Waals surface area contributed by atoms with Gasteiger partial charge in [-0.25, -0.2) is 13.8 Å². The Morgan fingerprint density at radius 3 is 2.50 bits per heavy atom. The number of hydrogen-bond acceptors (Lipinski definition) is 4. The number of ether oxygens (including phenoxy) is 1. The first-order chi connectivity index (χ1) is 18.2. The Balaban J connectivity index is 1.31. The number of thiocarbonyl (C=S) groups is 1. The van der Waals surface area contributed by atoms with E-state index in [1.54, 1.807) is 17.1 Å². The molecule has 192 valence electrons. The van der Waals surface area contributed by atoms with Gasteiger partial charge in [0.1, 0.15) is 23.7 Å². The van der Waals surface area contributed by atoms with Crippen molar-refractivity contribution in [3.63, 3.8) is 0 Å². The highest BCUT2D eigenvalue weighted by atomic mass is 32.1. The number of benzene rings is 4. The van der Waals surface area contributed by atoms with E-state index in [2.05, 4.69) is 14.7 Å². The fourth-order valence-corrected chi connectivity index (χ4v) is 4.34. The molecule has 0 saturated carbocycles. The van der Waals surface area contributed by atoms with Gasteiger partial charge in [-0.1, -0.05) is 36.5 Å². The molecule has 38 heavy (non-hydrogen) atoms. The number of fused-ring (bicyclic) bond motifs is 3. The summed E-state index contributed by atoms with van der Waals surface area (Å²) in [5.74, 6) is -1.56. The highest BCUT2D eigenvalue weighted by Gasteiger charge is 2.31. The molecule has 5 aromatic rings. The van der Waals surface area contributed by atoms with Crippen molar-refractivity contribution in [2.24, 2.45) is 4.99 Å². The van der Waals surface area contributed by atoms with Crippen molar-refractivity contribution < 1.29 is 26.7 Å². The first-order valence-electron chi connectivity index (χ1n) is 11.4. The molecule has 4 nitrogen and oxygen atoms in total. The van der Waals surface area contributed by atoms with Gasteiger partial charge < -0.3 is 4.74 Å². The Bertz CT molecular complexity index is 1680. The Morgan fingerprint density at radius 2 is 1.76 bits per heavy atom. The van der Waals surface area contributed by atoms with Crippen LogP contribution in [0.3, 0.4) is 0 Å². The van der Waals surface area contributed by atoms with Crippen molar-refractivity contribution in [3.05, 3.63) is 102 Å². The summed E-state index contributed by atoms with van der Waals surface area (Å²) in [6, 6.07) is 18.5. The molecule has 0 aliphatic carbocycles. The lowest BCUT2D eigenvalue weighted by Gasteiger charge is -2.10. The molecule has 5 rings (SSSR count). The maximum Gasteiger partial charge on any atom is 0.573 e. The normalized spacial score (nSPS) is 12.0. The van der Waals surface area contributed by atoms with E-state index in [0.717, 1.165) is 33.4 Å². The van der Waals surface area contributed by atoms with Crippen LogP contribution in [0.15, 0.2) is 84.1 Å². The minimum atomic E-state index is -4.75. The SMILES string of the molecule is Fc1ccc(CC(=S)CN=Cc2ccc3c(ccc4c3ncn4-c3ccc(OC(F)(F)F)cc3)c2)c(F)c1. The maximum atomic E-state index is 13.8. The van der Waals surface area contributed by atoms with Crippen LogP contribution in [0.5, 0.6) is 5.75 Å². The van der Waals surface area contributed by atoms with Crippen LogP contribution in [0.1, 0.15) is 11.1 Å². The summed E-state index contributed by atoms with van der Waals surface area (Å²) in [5, 5.41) is 1.83. The second-order valence-electron chi connectivity index (χ2n) is 8.49. The van der Waals surface area contributed by atoms with Crippen molar-refractivity contribution in [2.75, 3.05) is 6.54 Å². The van der Waals surface area contributed by atoms with E-state index < -0.39 is 18.0 Å². The molecule has 0 fully saturated rings. The summed E-state index contributed by atoms with van der Waals surface area (Å²) >= 11 is 5.30. The van der Waals surface area contributed by atoms with Crippen LogP contribution in [0.2, 0.25) is 0 Å². The van der Waals surface area contributed by atoms with Gasteiger partial charge in [-0.05, 0) is 59.0 Å². The summed E-state index contributed by atoms with van der Waals surface area (Å²) in [6.07, 6.45) is -1.26. The van der Waals surface area contributed by atoms with Gasteiger partial charge in [0, 0.05) is 34.6 Å². The van der Waals surface area contributed by atoms with Gasteiger partial charge >= 0.3 is 6.36 Å². The third-order valence-corrected chi connectivity index (χ3v) is 6.09. The van der Waals surface area contributed by atoms with Crippen LogP contribution < -0.4 is 4.74 Å². The van der Waals surface area contributed by atoms with Gasteiger partial charge in [0.2, 0.25) is 0 Å². The maximum absolute atomic E-state index is 13.8. The summed E-state index contributed by atoms with van der Waals surface area (Å²) < 4.78 is 69.9. The van der Waals surface area contributed by atoms with Gasteiger partial charge in [0.25, 0.3) is 0 Å². The zero-order chi connectivity index (χ0) is 26.9. The van der Waals surface area contributed by atoms with E-state index in [1.807, 2.05) is 30.3 Å². The highest BCUT2D eigenvalue weighted by Crippen LogP contribution is 2.28. The largest absolute Gasteiger partial charge is 0.573 e. The number of nitrogens with zero attached hydrogens (tertiary/aromatic N) is 3. The third-order valence-electron chi connectivity index (χ3n) is 5.82. The van der Waals surface area contributed by atoms with E-state index in [-0.39, 0.29) is 18.7 Å². The van der Waals surface area contributed by atoms with E-state index in [4.69, 9.17) is 12.2 Å². The van der Waals surface area contributed by atoms with Gasteiger partial charge in [-0.15, -0.1) is 13.2 Å². The van der Waals surface area contributed by atoms with Crippen molar-refractivity contribution >= 4 is 45.1 Å². The molecule has 1 heterocycles. The number of rotatable bonds is 7. The Kier molecular flexibility index (Phi) is 6.90. The molecule has 10 heteroatoms. The van der Waals surface area contributed by atoms with E-state index in [0.29, 0.717) is 16.1 Å². The Labute approximate surface area is 219 Å². The average molecular weight is 540 g/mol. The summed E-state index contributed by atoms with van der Waals surface area (Å²) in [4.78, 5) is 9.41. The van der Waals surface area contributed by atoms with Crippen molar-refractivity contribution in [2.45, 2.75) is 12.8 Å². The monoisotopic (exact) mass is 539 g/mol. The minimum absolute atomic E-state index is 0.190. The van der Waals surface area contributed by atoms with E-state index in [1.165, 1.54) is 36.4 Å². The Hall–Kier alpha value is -4.18. The lowest BCUT2D eigenvalue weighted by Crippen LogP contribution is -2.17. The zero-order valence-electron chi connectivity index (χ0n) is 19.5. The van der Waals surface area contributed by atoms with E-state index in [9.17, 15) is 22.0 Å². The number of aliphatic imine (C=N–C) groups is 1. The number of halogens is 5.